The molecule has 102 valence electrons. The Labute approximate surface area is 115 Å². The highest BCUT2D eigenvalue weighted by Gasteiger charge is 2.15. The second kappa shape index (κ2) is 7.74. The fraction of sp³-hybridized carbons (Fsp3) is 0.417. The molecule has 0 aliphatic heterocycles. The zero-order valence-electron chi connectivity index (χ0n) is 10.9. The van der Waals surface area contributed by atoms with Crippen LogP contribution in [0.2, 0.25) is 0 Å². The molecule has 0 atom stereocenters. The van der Waals surface area contributed by atoms with Crippen LogP contribution in [-0.2, 0) is 19.0 Å². The molecule has 1 heterocycles. The van der Waals surface area contributed by atoms with E-state index in [-0.39, 0.29) is 11.7 Å². The molecule has 0 radical (unpaired) electrons. The fourth-order valence-electron chi connectivity index (χ4n) is 1.31. The molecule has 1 aromatic heterocycles. The molecule has 7 heteroatoms. The van der Waals surface area contributed by atoms with E-state index in [4.69, 9.17) is 14.7 Å². The van der Waals surface area contributed by atoms with Gasteiger partial charge in [0.1, 0.15) is 11.1 Å². The molecule has 0 amide bonds. The number of ether oxygens (including phenoxy) is 3. The molecule has 0 aliphatic rings. The Morgan fingerprint density at radius 2 is 2.11 bits per heavy atom. The largest absolute Gasteiger partial charge is 0.468 e. The van der Waals surface area contributed by atoms with Crippen molar-refractivity contribution in [3.8, 4) is 6.07 Å². The number of esters is 1. The molecular formula is C12H14N2O4S. The first-order valence-electron chi connectivity index (χ1n) is 5.32. The number of carbonyl (C=O) groups is 1. The Kier molecular flexibility index (Phi) is 6.29. The van der Waals surface area contributed by atoms with Crippen molar-refractivity contribution in [2.75, 3.05) is 27.1 Å². The van der Waals surface area contributed by atoms with Crippen LogP contribution in [0.1, 0.15) is 17.5 Å². The Bertz CT molecular complexity index is 483. The standard InChI is InChI=1S/C12H14N2O4S/c1-16-10(15)7-19-11-8(6-13)4-5-9(14-11)12(17-2)18-3/h4-5,12H,7H2,1-3H3. The van der Waals surface area contributed by atoms with Crippen LogP contribution >= 0.6 is 11.8 Å². The highest BCUT2D eigenvalue weighted by atomic mass is 32.2. The van der Waals surface area contributed by atoms with Gasteiger partial charge in [-0.25, -0.2) is 4.98 Å². The summed E-state index contributed by atoms with van der Waals surface area (Å²) in [5.41, 5.74) is 0.931. The van der Waals surface area contributed by atoms with Crippen molar-refractivity contribution in [1.82, 2.24) is 4.98 Å². The molecule has 6 nitrogen and oxygen atoms in total. The summed E-state index contributed by atoms with van der Waals surface area (Å²) in [4.78, 5) is 15.4. The maximum Gasteiger partial charge on any atom is 0.316 e. The maximum atomic E-state index is 11.1. The number of carbonyl (C=O) groups excluding carboxylic acids is 1. The molecule has 0 spiro atoms. The third-order valence-corrected chi connectivity index (χ3v) is 3.19. The summed E-state index contributed by atoms with van der Waals surface area (Å²) < 4.78 is 14.7. The first kappa shape index (κ1) is 15.4. The van der Waals surface area contributed by atoms with Crippen molar-refractivity contribution in [1.29, 1.82) is 5.26 Å². The van der Waals surface area contributed by atoms with Crippen molar-refractivity contribution in [3.63, 3.8) is 0 Å². The number of thioether (sulfide) groups is 1. The highest BCUT2D eigenvalue weighted by molar-refractivity contribution is 7.99. The van der Waals surface area contributed by atoms with Crippen LogP contribution in [0.5, 0.6) is 0 Å². The van der Waals surface area contributed by atoms with Crippen molar-refractivity contribution in [3.05, 3.63) is 23.4 Å². The Morgan fingerprint density at radius 1 is 1.42 bits per heavy atom. The van der Waals surface area contributed by atoms with E-state index < -0.39 is 6.29 Å². The second-order valence-corrected chi connectivity index (χ2v) is 4.33. The van der Waals surface area contributed by atoms with Crippen LogP contribution in [0.4, 0.5) is 0 Å². The van der Waals surface area contributed by atoms with Gasteiger partial charge in [-0.15, -0.1) is 0 Å². The molecule has 0 aromatic carbocycles. The van der Waals surface area contributed by atoms with E-state index in [1.807, 2.05) is 6.07 Å². The molecule has 1 aromatic rings. The van der Waals surface area contributed by atoms with Gasteiger partial charge in [-0.1, -0.05) is 11.8 Å². The summed E-state index contributed by atoms with van der Waals surface area (Å²) in [6.07, 6.45) is -0.606. The van der Waals surface area contributed by atoms with E-state index in [1.54, 1.807) is 12.1 Å². The number of nitrogens with zero attached hydrogens (tertiary/aromatic N) is 2. The Morgan fingerprint density at radius 3 is 2.63 bits per heavy atom. The van der Waals surface area contributed by atoms with Gasteiger partial charge >= 0.3 is 5.97 Å². The zero-order chi connectivity index (χ0) is 14.3. The van der Waals surface area contributed by atoms with Gasteiger partial charge in [0.15, 0.2) is 0 Å². The first-order chi connectivity index (χ1) is 9.15. The van der Waals surface area contributed by atoms with Gasteiger partial charge in [-0.05, 0) is 12.1 Å². The predicted molar refractivity (Wildman–Crippen MR) is 68.5 cm³/mol. The van der Waals surface area contributed by atoms with Crippen LogP contribution < -0.4 is 0 Å². The summed E-state index contributed by atoms with van der Waals surface area (Å²) in [5, 5.41) is 9.45. The summed E-state index contributed by atoms with van der Waals surface area (Å²) in [6.45, 7) is 0. The molecule has 0 saturated carbocycles. The number of nitriles is 1. The summed E-state index contributed by atoms with van der Waals surface area (Å²) >= 11 is 1.14. The normalized spacial score (nSPS) is 10.3. The van der Waals surface area contributed by atoms with Gasteiger partial charge < -0.3 is 14.2 Å². The van der Waals surface area contributed by atoms with Crippen LogP contribution in [0, 0.1) is 11.3 Å². The molecule has 1 rings (SSSR count). The molecule has 0 bridgehead atoms. The first-order valence-corrected chi connectivity index (χ1v) is 6.31. The Hall–Kier alpha value is -1.62. The fourth-order valence-corrected chi connectivity index (χ4v) is 2.12. The molecule has 0 aliphatic carbocycles. The smallest absolute Gasteiger partial charge is 0.316 e. The average molecular weight is 282 g/mol. The third kappa shape index (κ3) is 4.21. The average Bonchev–Trinajstić information content (AvgIpc) is 2.46. The lowest BCUT2D eigenvalue weighted by atomic mass is 10.2. The van der Waals surface area contributed by atoms with Crippen LogP contribution in [0.15, 0.2) is 17.2 Å². The molecular weight excluding hydrogens is 268 g/mol. The van der Waals surface area contributed by atoms with E-state index in [0.29, 0.717) is 16.3 Å². The Balaban J connectivity index is 2.96. The monoisotopic (exact) mass is 282 g/mol. The van der Waals surface area contributed by atoms with E-state index in [1.165, 1.54) is 21.3 Å². The van der Waals surface area contributed by atoms with Crippen molar-refractivity contribution in [2.45, 2.75) is 11.3 Å². The van der Waals surface area contributed by atoms with Gasteiger partial charge in [0.2, 0.25) is 6.29 Å². The third-order valence-electron chi connectivity index (χ3n) is 2.23. The van der Waals surface area contributed by atoms with Gasteiger partial charge in [-0.3, -0.25) is 4.79 Å². The maximum absolute atomic E-state index is 11.1. The predicted octanol–water partition coefficient (Wildman–Crippen LogP) is 1.51. The summed E-state index contributed by atoms with van der Waals surface area (Å²) in [5.74, 6) is -0.289. The molecule has 0 saturated heterocycles. The molecule has 0 fully saturated rings. The lowest BCUT2D eigenvalue weighted by Gasteiger charge is -2.13. The minimum absolute atomic E-state index is 0.0895. The van der Waals surface area contributed by atoms with Crippen molar-refractivity contribution in [2.24, 2.45) is 0 Å². The van der Waals surface area contributed by atoms with E-state index in [0.717, 1.165) is 11.8 Å². The summed E-state index contributed by atoms with van der Waals surface area (Å²) in [7, 11) is 4.30. The quantitative estimate of drug-likeness (QED) is 0.444. The molecule has 19 heavy (non-hydrogen) atoms. The zero-order valence-corrected chi connectivity index (χ0v) is 11.7. The number of aromatic nitrogens is 1. The molecule has 0 unspecified atom stereocenters. The number of hydrogen-bond donors (Lipinski definition) is 0. The van der Waals surface area contributed by atoms with Gasteiger partial charge in [0.25, 0.3) is 0 Å². The number of rotatable bonds is 6. The number of methoxy groups -OCH3 is 3. The minimum Gasteiger partial charge on any atom is -0.468 e. The van der Waals surface area contributed by atoms with Crippen LogP contribution in [-0.4, -0.2) is 38.0 Å². The van der Waals surface area contributed by atoms with E-state index >= 15 is 0 Å². The highest BCUT2D eigenvalue weighted by Crippen LogP contribution is 2.24. The molecule has 0 N–H and O–H groups in total. The van der Waals surface area contributed by atoms with Gasteiger partial charge in [0.05, 0.1) is 24.1 Å². The summed E-state index contributed by atoms with van der Waals surface area (Å²) in [6, 6.07) is 5.29. The lowest BCUT2D eigenvalue weighted by molar-refractivity contribution is -0.137. The number of pyridine rings is 1. The van der Waals surface area contributed by atoms with Gasteiger partial charge in [0, 0.05) is 14.2 Å². The van der Waals surface area contributed by atoms with Crippen LogP contribution in [0.3, 0.4) is 0 Å². The van der Waals surface area contributed by atoms with Crippen molar-refractivity contribution < 1.29 is 19.0 Å². The van der Waals surface area contributed by atoms with Crippen molar-refractivity contribution >= 4 is 17.7 Å². The van der Waals surface area contributed by atoms with Crippen LogP contribution in [0.25, 0.3) is 0 Å². The lowest BCUT2D eigenvalue weighted by Crippen LogP contribution is -2.08. The van der Waals surface area contributed by atoms with E-state index in [2.05, 4.69) is 9.72 Å². The SMILES string of the molecule is COC(=O)CSc1nc(C(OC)OC)ccc1C#N. The minimum atomic E-state index is -0.606. The number of hydrogen-bond acceptors (Lipinski definition) is 7. The topological polar surface area (TPSA) is 81.4 Å². The second-order valence-electron chi connectivity index (χ2n) is 3.37. The van der Waals surface area contributed by atoms with E-state index in [9.17, 15) is 4.79 Å². The van der Waals surface area contributed by atoms with Gasteiger partial charge in [-0.2, -0.15) is 5.26 Å².